The molecule has 1 aromatic heterocycles. The molecule has 0 aliphatic rings. The monoisotopic (exact) mass is 253 g/mol. The molecule has 1 heterocycles. The normalized spacial score (nSPS) is 15.1. The third-order valence-corrected chi connectivity index (χ3v) is 3.60. The quantitative estimate of drug-likeness (QED) is 0.814. The first-order valence-corrected chi connectivity index (χ1v) is 6.68. The van der Waals surface area contributed by atoms with Crippen molar-refractivity contribution in [2.45, 2.75) is 66.1 Å². The van der Waals surface area contributed by atoms with E-state index in [-0.39, 0.29) is 12.1 Å². The largest absolute Gasteiger partial charge is 0.394 e. The molecule has 0 fully saturated rings. The fourth-order valence-corrected chi connectivity index (χ4v) is 2.25. The summed E-state index contributed by atoms with van der Waals surface area (Å²) < 4.78 is 2.04. The van der Waals surface area contributed by atoms with Crippen LogP contribution in [0.2, 0.25) is 0 Å². The van der Waals surface area contributed by atoms with Crippen LogP contribution in [0.1, 0.15) is 44.1 Å². The van der Waals surface area contributed by atoms with Gasteiger partial charge in [-0.2, -0.15) is 5.10 Å². The van der Waals surface area contributed by atoms with Gasteiger partial charge in [0.05, 0.1) is 12.3 Å². The fourth-order valence-electron chi connectivity index (χ4n) is 2.25. The van der Waals surface area contributed by atoms with Crippen LogP contribution in [0.5, 0.6) is 0 Å². The van der Waals surface area contributed by atoms with Crippen LogP contribution >= 0.6 is 0 Å². The van der Waals surface area contributed by atoms with Gasteiger partial charge in [0.1, 0.15) is 0 Å². The van der Waals surface area contributed by atoms with Gasteiger partial charge in [-0.15, -0.1) is 0 Å². The van der Waals surface area contributed by atoms with Gasteiger partial charge in [-0.05, 0) is 39.7 Å². The average molecular weight is 253 g/mol. The number of hydrogen-bond donors (Lipinski definition) is 2. The van der Waals surface area contributed by atoms with Gasteiger partial charge < -0.3 is 10.4 Å². The minimum absolute atomic E-state index is 0.142. The maximum Gasteiger partial charge on any atom is 0.0625 e. The van der Waals surface area contributed by atoms with Crippen molar-refractivity contribution >= 4 is 0 Å². The van der Waals surface area contributed by atoms with Gasteiger partial charge in [0, 0.05) is 23.8 Å². The van der Waals surface area contributed by atoms with Crippen molar-refractivity contribution in [1.29, 1.82) is 0 Å². The van der Waals surface area contributed by atoms with Crippen molar-refractivity contribution in [3.05, 3.63) is 17.0 Å². The molecule has 0 saturated heterocycles. The highest BCUT2D eigenvalue weighted by molar-refractivity contribution is 5.22. The van der Waals surface area contributed by atoms with Crippen molar-refractivity contribution in [2.75, 3.05) is 6.61 Å². The zero-order valence-electron chi connectivity index (χ0n) is 12.5. The summed E-state index contributed by atoms with van der Waals surface area (Å²) in [6.45, 7) is 13.5. The zero-order chi connectivity index (χ0) is 13.9. The molecule has 0 aliphatic carbocycles. The van der Waals surface area contributed by atoms with Gasteiger partial charge in [0.25, 0.3) is 0 Å². The number of nitrogens with zero attached hydrogens (tertiary/aromatic N) is 2. The first kappa shape index (κ1) is 15.2. The van der Waals surface area contributed by atoms with Crippen molar-refractivity contribution < 1.29 is 5.11 Å². The molecule has 4 heteroatoms. The van der Waals surface area contributed by atoms with E-state index in [2.05, 4.69) is 45.0 Å². The summed E-state index contributed by atoms with van der Waals surface area (Å²) in [6.07, 6.45) is 0.864. The van der Waals surface area contributed by atoms with E-state index in [1.165, 1.54) is 11.3 Å². The molecule has 0 amide bonds. The topological polar surface area (TPSA) is 50.1 Å². The highest BCUT2D eigenvalue weighted by atomic mass is 16.3. The molecule has 2 N–H and O–H groups in total. The Morgan fingerprint density at radius 3 is 2.33 bits per heavy atom. The van der Waals surface area contributed by atoms with Crippen LogP contribution in [0.4, 0.5) is 0 Å². The molecular weight excluding hydrogens is 226 g/mol. The van der Waals surface area contributed by atoms with E-state index in [1.807, 2.05) is 11.6 Å². The summed E-state index contributed by atoms with van der Waals surface area (Å²) in [5.74, 6) is 0. The molecule has 1 unspecified atom stereocenters. The highest BCUT2D eigenvalue weighted by Crippen LogP contribution is 2.15. The maximum absolute atomic E-state index is 9.55. The number of rotatable bonds is 6. The maximum atomic E-state index is 9.55. The van der Waals surface area contributed by atoms with Crippen molar-refractivity contribution in [3.63, 3.8) is 0 Å². The third kappa shape index (κ3) is 3.56. The summed E-state index contributed by atoms with van der Waals surface area (Å²) in [7, 11) is 0. The number of hydrogen-bond acceptors (Lipinski definition) is 3. The Labute approximate surface area is 110 Å². The number of aliphatic hydroxyl groups is 1. The molecule has 0 spiro atoms. The van der Waals surface area contributed by atoms with Crippen LogP contribution in [-0.2, 0) is 6.54 Å². The Balaban J connectivity index is 2.70. The van der Waals surface area contributed by atoms with E-state index in [0.717, 1.165) is 18.7 Å². The average Bonchev–Trinajstić information content (AvgIpc) is 2.53. The second kappa shape index (κ2) is 5.85. The standard InChI is InChI=1S/C14H27N3O/c1-10(2)15-14(6,9-18)7-8-17-13(5)11(3)12(4)16-17/h10,15,18H,7-9H2,1-6H3. The van der Waals surface area contributed by atoms with Gasteiger partial charge in [-0.3, -0.25) is 4.68 Å². The molecule has 104 valence electrons. The third-order valence-electron chi connectivity index (χ3n) is 3.60. The van der Waals surface area contributed by atoms with Gasteiger partial charge >= 0.3 is 0 Å². The zero-order valence-corrected chi connectivity index (χ0v) is 12.5. The number of aryl methyl sites for hydroxylation is 2. The Morgan fingerprint density at radius 2 is 1.94 bits per heavy atom. The van der Waals surface area contributed by atoms with E-state index >= 15 is 0 Å². The van der Waals surface area contributed by atoms with Crippen LogP contribution in [0.15, 0.2) is 0 Å². The van der Waals surface area contributed by atoms with E-state index in [0.29, 0.717) is 6.04 Å². The molecule has 18 heavy (non-hydrogen) atoms. The molecule has 1 atom stereocenters. The molecule has 4 nitrogen and oxygen atoms in total. The van der Waals surface area contributed by atoms with E-state index < -0.39 is 0 Å². The Bertz CT molecular complexity index is 398. The van der Waals surface area contributed by atoms with Gasteiger partial charge in [-0.1, -0.05) is 13.8 Å². The molecule has 0 aromatic carbocycles. The van der Waals surface area contributed by atoms with Crippen LogP contribution in [0, 0.1) is 20.8 Å². The SMILES string of the molecule is Cc1nn(CCC(C)(CO)NC(C)C)c(C)c1C. The Morgan fingerprint density at radius 1 is 1.33 bits per heavy atom. The molecular formula is C14H27N3O. The van der Waals surface area contributed by atoms with Gasteiger partial charge in [-0.25, -0.2) is 0 Å². The first-order valence-electron chi connectivity index (χ1n) is 6.68. The predicted molar refractivity (Wildman–Crippen MR) is 74.8 cm³/mol. The van der Waals surface area contributed by atoms with E-state index in [9.17, 15) is 5.11 Å². The molecule has 0 aliphatic heterocycles. The van der Waals surface area contributed by atoms with Crippen molar-refractivity contribution in [2.24, 2.45) is 0 Å². The van der Waals surface area contributed by atoms with Crippen molar-refractivity contribution in [3.8, 4) is 0 Å². The second-order valence-electron chi connectivity index (χ2n) is 5.79. The number of nitrogens with one attached hydrogen (secondary N) is 1. The lowest BCUT2D eigenvalue weighted by Crippen LogP contribution is -2.49. The molecule has 1 aromatic rings. The number of aromatic nitrogens is 2. The minimum Gasteiger partial charge on any atom is -0.394 e. The summed E-state index contributed by atoms with van der Waals surface area (Å²) in [4.78, 5) is 0. The van der Waals surface area contributed by atoms with Gasteiger partial charge in [0.15, 0.2) is 0 Å². The first-order chi connectivity index (χ1) is 8.29. The Hall–Kier alpha value is -0.870. The fraction of sp³-hybridized carbons (Fsp3) is 0.786. The molecule has 1 rings (SSSR count). The summed E-state index contributed by atoms with van der Waals surface area (Å²) in [5, 5.41) is 17.5. The summed E-state index contributed by atoms with van der Waals surface area (Å²) in [5.41, 5.74) is 3.33. The van der Waals surface area contributed by atoms with E-state index in [4.69, 9.17) is 0 Å². The summed E-state index contributed by atoms with van der Waals surface area (Å²) in [6, 6.07) is 0.365. The molecule has 0 radical (unpaired) electrons. The predicted octanol–water partition coefficient (Wildman–Crippen LogP) is 1.95. The molecule has 0 bridgehead atoms. The minimum atomic E-state index is -0.242. The van der Waals surface area contributed by atoms with Gasteiger partial charge in [0.2, 0.25) is 0 Å². The second-order valence-corrected chi connectivity index (χ2v) is 5.79. The van der Waals surface area contributed by atoms with Crippen LogP contribution in [0.25, 0.3) is 0 Å². The Kier molecular flexibility index (Phi) is 4.93. The number of aliphatic hydroxyl groups excluding tert-OH is 1. The summed E-state index contributed by atoms with van der Waals surface area (Å²) >= 11 is 0. The van der Waals surface area contributed by atoms with Crippen LogP contribution < -0.4 is 5.32 Å². The molecule has 0 saturated carbocycles. The van der Waals surface area contributed by atoms with Crippen molar-refractivity contribution in [1.82, 2.24) is 15.1 Å². The smallest absolute Gasteiger partial charge is 0.0625 e. The van der Waals surface area contributed by atoms with Crippen LogP contribution in [-0.4, -0.2) is 33.1 Å². The van der Waals surface area contributed by atoms with E-state index in [1.54, 1.807) is 0 Å². The lowest BCUT2D eigenvalue weighted by atomic mass is 9.98. The van der Waals surface area contributed by atoms with Crippen LogP contribution in [0.3, 0.4) is 0 Å². The highest BCUT2D eigenvalue weighted by Gasteiger charge is 2.24. The lowest BCUT2D eigenvalue weighted by molar-refractivity contribution is 0.150. The lowest BCUT2D eigenvalue weighted by Gasteiger charge is -2.31.